The number of carbonyl (C=O) groups is 1. The number of rotatable bonds is 10. The van der Waals surface area contributed by atoms with Crippen LogP contribution in [0.15, 0.2) is 49.3 Å². The molecular formula is C21H26IN3O3S. The van der Waals surface area contributed by atoms with E-state index >= 15 is 0 Å². The number of fused-ring (bicyclic) bond motifs is 1. The van der Waals surface area contributed by atoms with Crippen molar-refractivity contribution in [3.05, 3.63) is 58.5 Å². The number of thioether (sulfide) groups is 1. The first-order chi connectivity index (χ1) is 13.8. The molecule has 2 N–H and O–H groups in total. The molecule has 1 unspecified atom stereocenters. The molecular weight excluding hydrogens is 501 g/mol. The second-order valence-electron chi connectivity index (χ2n) is 6.91. The summed E-state index contributed by atoms with van der Waals surface area (Å²) in [6.07, 6.45) is 8.76. The summed E-state index contributed by atoms with van der Waals surface area (Å²) < 4.78 is 7.05. The van der Waals surface area contributed by atoms with Crippen molar-refractivity contribution in [3.8, 4) is 5.75 Å². The van der Waals surface area contributed by atoms with E-state index in [0.717, 1.165) is 20.0 Å². The van der Waals surface area contributed by atoms with Gasteiger partial charge in [0.05, 0.1) is 17.7 Å². The fourth-order valence-corrected chi connectivity index (χ4v) is 3.54. The minimum atomic E-state index is -0.680. The highest BCUT2D eigenvalue weighted by Crippen LogP contribution is 2.27. The third kappa shape index (κ3) is 7.20. The lowest BCUT2D eigenvalue weighted by Gasteiger charge is -2.25. The number of hydrogen-bond donors (Lipinski definition) is 2. The number of pyridine rings is 1. The van der Waals surface area contributed by atoms with E-state index in [4.69, 9.17) is 9.57 Å². The quantitative estimate of drug-likeness (QED) is 0.158. The van der Waals surface area contributed by atoms with Gasteiger partial charge in [-0.15, -0.1) is 18.3 Å². The fraction of sp³-hybridized carbons (Fsp3) is 0.333. The molecule has 1 aromatic heterocycles. The maximum atomic E-state index is 12.8. The van der Waals surface area contributed by atoms with Crippen molar-refractivity contribution in [1.82, 2.24) is 15.8 Å². The highest BCUT2D eigenvalue weighted by molar-refractivity contribution is 14.1. The number of nitrogens with zero attached hydrogens (tertiary/aromatic N) is 1. The first-order valence-corrected chi connectivity index (χ1v) is 11.4. The second kappa shape index (κ2) is 10.8. The van der Waals surface area contributed by atoms with Crippen LogP contribution in [0.3, 0.4) is 0 Å². The Labute approximate surface area is 189 Å². The maximum Gasteiger partial charge on any atom is 0.272 e. The number of nitrogens with one attached hydrogen (secondary N) is 2. The van der Waals surface area contributed by atoms with Gasteiger partial charge in [0.15, 0.2) is 0 Å². The van der Waals surface area contributed by atoms with Crippen molar-refractivity contribution in [1.29, 1.82) is 0 Å². The van der Waals surface area contributed by atoms with E-state index in [1.165, 1.54) is 11.8 Å². The molecule has 1 atom stereocenters. The molecule has 0 saturated heterocycles. The van der Waals surface area contributed by atoms with Crippen molar-refractivity contribution in [2.24, 2.45) is 0 Å². The number of ether oxygens (including phenoxy) is 1. The van der Waals surface area contributed by atoms with E-state index < -0.39 is 11.0 Å². The van der Waals surface area contributed by atoms with Gasteiger partial charge >= 0.3 is 0 Å². The summed E-state index contributed by atoms with van der Waals surface area (Å²) in [5.41, 5.74) is 3.35. The maximum absolute atomic E-state index is 12.8. The average Bonchev–Trinajstić information content (AvgIpc) is 2.65. The fourth-order valence-electron chi connectivity index (χ4n) is 2.59. The Hall–Kier alpha value is -1.78. The Morgan fingerprint density at radius 1 is 1.41 bits per heavy atom. The number of carbonyl (C=O) groups excluding carboxylic acids is 1. The van der Waals surface area contributed by atoms with Crippen LogP contribution < -0.4 is 15.5 Å². The molecule has 8 heteroatoms. The Morgan fingerprint density at radius 2 is 2.17 bits per heavy atom. The van der Waals surface area contributed by atoms with Crippen molar-refractivity contribution in [2.45, 2.75) is 31.7 Å². The summed E-state index contributed by atoms with van der Waals surface area (Å²) in [4.78, 5) is 22.3. The number of hydrogen-bond acceptors (Lipinski definition) is 6. The predicted molar refractivity (Wildman–Crippen MR) is 128 cm³/mol. The highest BCUT2D eigenvalue weighted by atomic mass is 127. The van der Waals surface area contributed by atoms with Crippen molar-refractivity contribution < 1.29 is 14.4 Å². The number of hydroxylamine groups is 1. The van der Waals surface area contributed by atoms with Crippen LogP contribution in [-0.4, -0.2) is 34.7 Å². The molecule has 0 bridgehead atoms. The Morgan fingerprint density at radius 3 is 2.86 bits per heavy atom. The lowest BCUT2D eigenvalue weighted by Crippen LogP contribution is -2.47. The standard InChI is InChI=1S/C21H26IN3O3S/c1-6-9-27-24-8-7-21(3,4)25-19(26)20(29-5)28-17-10-14(2)18-15(12-17)11-16(22)13-23-18/h6-8,10-13,20,24H,1,9H2,2-5H3,(H,25,26). The summed E-state index contributed by atoms with van der Waals surface area (Å²) >= 11 is 3.57. The summed E-state index contributed by atoms with van der Waals surface area (Å²) in [6, 6.07) is 5.87. The van der Waals surface area contributed by atoms with Gasteiger partial charge in [-0.3, -0.25) is 20.1 Å². The van der Waals surface area contributed by atoms with Crippen molar-refractivity contribution >= 4 is 51.2 Å². The first-order valence-electron chi connectivity index (χ1n) is 8.99. The Balaban J connectivity index is 2.08. The average molecular weight is 527 g/mol. The molecule has 0 radical (unpaired) electrons. The monoisotopic (exact) mass is 527 g/mol. The van der Waals surface area contributed by atoms with Crippen LogP contribution in [0.1, 0.15) is 19.4 Å². The van der Waals surface area contributed by atoms with E-state index in [2.05, 4.69) is 45.0 Å². The molecule has 0 aliphatic heterocycles. The lowest BCUT2D eigenvalue weighted by molar-refractivity contribution is -0.125. The molecule has 1 heterocycles. The van der Waals surface area contributed by atoms with Crippen LogP contribution in [0.4, 0.5) is 0 Å². The minimum absolute atomic E-state index is 0.210. The predicted octanol–water partition coefficient (Wildman–Crippen LogP) is 4.33. The van der Waals surface area contributed by atoms with E-state index in [9.17, 15) is 4.79 Å². The van der Waals surface area contributed by atoms with Crippen molar-refractivity contribution in [3.63, 3.8) is 0 Å². The summed E-state index contributed by atoms with van der Waals surface area (Å²) in [6.45, 7) is 9.72. The van der Waals surface area contributed by atoms with Gasteiger partial charge in [0.1, 0.15) is 5.75 Å². The summed E-state index contributed by atoms with van der Waals surface area (Å²) in [5, 5.41) is 3.97. The van der Waals surface area contributed by atoms with Gasteiger partial charge in [-0.25, -0.2) is 0 Å². The SMILES string of the molecule is C=CCONC=CC(C)(C)NC(=O)C(Oc1cc(C)c2ncc(I)cc2c1)SC. The highest BCUT2D eigenvalue weighted by Gasteiger charge is 2.25. The normalized spacial score (nSPS) is 12.7. The van der Waals surface area contributed by atoms with Crippen LogP contribution in [-0.2, 0) is 9.63 Å². The zero-order chi connectivity index (χ0) is 21.4. The molecule has 29 heavy (non-hydrogen) atoms. The molecule has 0 saturated carbocycles. The number of benzene rings is 1. The first kappa shape index (κ1) is 23.5. The van der Waals surface area contributed by atoms with Gasteiger partial charge in [0.2, 0.25) is 5.44 Å². The molecule has 2 rings (SSSR count). The molecule has 1 amide bonds. The van der Waals surface area contributed by atoms with E-state index in [-0.39, 0.29) is 5.91 Å². The lowest BCUT2D eigenvalue weighted by atomic mass is 10.1. The zero-order valence-electron chi connectivity index (χ0n) is 17.0. The Kier molecular flexibility index (Phi) is 8.79. The van der Waals surface area contributed by atoms with Crippen LogP contribution in [0.25, 0.3) is 10.9 Å². The van der Waals surface area contributed by atoms with Gasteiger partial charge in [-0.1, -0.05) is 6.08 Å². The topological polar surface area (TPSA) is 72.5 Å². The van der Waals surface area contributed by atoms with Crippen LogP contribution in [0.2, 0.25) is 0 Å². The molecule has 1 aromatic carbocycles. The van der Waals surface area contributed by atoms with Gasteiger partial charge in [-0.2, -0.15) is 0 Å². The number of aromatic nitrogens is 1. The van der Waals surface area contributed by atoms with Gasteiger partial charge in [0.25, 0.3) is 5.91 Å². The van der Waals surface area contributed by atoms with E-state index in [1.54, 1.807) is 18.4 Å². The number of amides is 1. The minimum Gasteiger partial charge on any atom is -0.470 e. The molecule has 156 valence electrons. The van der Waals surface area contributed by atoms with Crippen LogP contribution in [0.5, 0.6) is 5.75 Å². The smallest absolute Gasteiger partial charge is 0.272 e. The Bertz CT molecular complexity index is 902. The summed E-state index contributed by atoms with van der Waals surface area (Å²) in [5.74, 6) is 0.429. The van der Waals surface area contributed by atoms with Crippen LogP contribution in [0, 0.1) is 10.5 Å². The van der Waals surface area contributed by atoms with E-state index in [1.807, 2.05) is 51.4 Å². The number of halogens is 1. The molecule has 0 aliphatic carbocycles. The molecule has 2 aromatic rings. The third-order valence-corrected chi connectivity index (χ3v) is 5.21. The third-order valence-electron chi connectivity index (χ3n) is 3.88. The van der Waals surface area contributed by atoms with Gasteiger partial charge < -0.3 is 10.1 Å². The second-order valence-corrected chi connectivity index (χ2v) is 9.06. The molecule has 0 aliphatic rings. The van der Waals surface area contributed by atoms with Gasteiger partial charge in [0, 0.05) is 21.4 Å². The van der Waals surface area contributed by atoms with Gasteiger partial charge in [-0.05, 0) is 79.5 Å². The molecule has 6 nitrogen and oxygen atoms in total. The molecule has 0 fully saturated rings. The van der Waals surface area contributed by atoms with E-state index in [0.29, 0.717) is 12.4 Å². The largest absolute Gasteiger partial charge is 0.470 e. The summed E-state index contributed by atoms with van der Waals surface area (Å²) in [7, 11) is 0. The van der Waals surface area contributed by atoms with Crippen molar-refractivity contribution in [2.75, 3.05) is 12.9 Å². The molecule has 0 spiro atoms. The number of aryl methyl sites for hydroxylation is 1. The zero-order valence-corrected chi connectivity index (χ0v) is 20.0. The van der Waals surface area contributed by atoms with Crippen LogP contribution >= 0.6 is 34.4 Å².